The highest BCUT2D eigenvalue weighted by Crippen LogP contribution is 2.43. The average molecular weight is 325 g/mol. The highest BCUT2D eigenvalue weighted by atomic mass is 32.2. The summed E-state index contributed by atoms with van der Waals surface area (Å²) in [6.07, 6.45) is 5.02. The van der Waals surface area contributed by atoms with Crippen LogP contribution in [0.15, 0.2) is 52.9 Å². The lowest BCUT2D eigenvalue weighted by atomic mass is 10.0. The molecular weight excluding hydrogens is 305 g/mol. The molecule has 0 unspecified atom stereocenters. The molecule has 2 aromatic carbocycles. The van der Waals surface area contributed by atoms with Crippen LogP contribution in [-0.2, 0) is 0 Å². The van der Waals surface area contributed by atoms with Crippen molar-refractivity contribution in [2.24, 2.45) is 5.73 Å². The van der Waals surface area contributed by atoms with Crippen molar-refractivity contribution in [3.05, 3.63) is 70.5 Å². The maximum atomic E-state index is 13.7. The zero-order valence-corrected chi connectivity index (χ0v) is 14.2. The maximum absolute atomic E-state index is 13.7. The van der Waals surface area contributed by atoms with Crippen molar-refractivity contribution >= 4 is 29.0 Å². The Hall–Kier alpha value is -1.84. The monoisotopic (exact) mass is 325 g/mol. The van der Waals surface area contributed by atoms with E-state index in [9.17, 15) is 4.39 Å². The molecule has 2 aromatic rings. The largest absolute Gasteiger partial charge is 0.330 e. The number of allylic oxidation sites excluding steroid dienone is 2. The standard InChI is InChI=1S/C20H20FNS/c1-13-17(9-10-22)20-12-15(21)5-8-18(20)19(13)11-14-3-6-16(23-2)7-4-14/h3-8,11-12H,9-10,22H2,1-2H3. The molecule has 0 heterocycles. The lowest BCUT2D eigenvalue weighted by Gasteiger charge is -2.05. The summed E-state index contributed by atoms with van der Waals surface area (Å²) in [7, 11) is 0. The minimum atomic E-state index is -0.198. The number of rotatable bonds is 4. The van der Waals surface area contributed by atoms with Gasteiger partial charge in [0.05, 0.1) is 0 Å². The fourth-order valence-electron chi connectivity index (χ4n) is 3.09. The van der Waals surface area contributed by atoms with E-state index >= 15 is 0 Å². The van der Waals surface area contributed by atoms with E-state index in [-0.39, 0.29) is 5.82 Å². The molecule has 0 radical (unpaired) electrons. The molecule has 0 bridgehead atoms. The fourth-order valence-corrected chi connectivity index (χ4v) is 3.50. The lowest BCUT2D eigenvalue weighted by molar-refractivity contribution is 0.627. The van der Waals surface area contributed by atoms with Gasteiger partial charge in [0, 0.05) is 4.90 Å². The van der Waals surface area contributed by atoms with Crippen LogP contribution in [0.4, 0.5) is 4.39 Å². The molecule has 3 heteroatoms. The Morgan fingerprint density at radius 3 is 2.48 bits per heavy atom. The van der Waals surface area contributed by atoms with E-state index in [0.29, 0.717) is 6.54 Å². The van der Waals surface area contributed by atoms with Crippen LogP contribution >= 0.6 is 11.8 Å². The van der Waals surface area contributed by atoms with Gasteiger partial charge in [-0.3, -0.25) is 0 Å². The van der Waals surface area contributed by atoms with Crippen molar-refractivity contribution in [2.45, 2.75) is 18.2 Å². The Labute approximate surface area is 141 Å². The van der Waals surface area contributed by atoms with Crippen LogP contribution in [-0.4, -0.2) is 12.8 Å². The Bertz CT molecular complexity index is 788. The van der Waals surface area contributed by atoms with Crippen molar-refractivity contribution in [3.63, 3.8) is 0 Å². The van der Waals surface area contributed by atoms with Crippen molar-refractivity contribution < 1.29 is 4.39 Å². The third kappa shape index (κ3) is 3.12. The predicted octanol–water partition coefficient (Wildman–Crippen LogP) is 5.22. The Kier molecular flexibility index (Phi) is 4.69. The first kappa shape index (κ1) is 16.0. The summed E-state index contributed by atoms with van der Waals surface area (Å²) in [5.41, 5.74) is 12.5. The summed E-state index contributed by atoms with van der Waals surface area (Å²) in [5, 5.41) is 0. The van der Waals surface area contributed by atoms with E-state index in [1.807, 2.05) is 6.07 Å². The van der Waals surface area contributed by atoms with Gasteiger partial charge >= 0.3 is 0 Å². The molecule has 118 valence electrons. The number of halogens is 1. The fraction of sp³-hybridized carbons (Fsp3) is 0.200. The number of benzene rings is 2. The molecule has 23 heavy (non-hydrogen) atoms. The Morgan fingerprint density at radius 1 is 1.09 bits per heavy atom. The first-order valence-electron chi connectivity index (χ1n) is 7.70. The first-order chi connectivity index (χ1) is 11.1. The van der Waals surface area contributed by atoms with Crippen LogP contribution in [0.3, 0.4) is 0 Å². The second-order valence-electron chi connectivity index (χ2n) is 5.66. The minimum Gasteiger partial charge on any atom is -0.330 e. The van der Waals surface area contributed by atoms with Gasteiger partial charge in [-0.15, -0.1) is 11.8 Å². The quantitative estimate of drug-likeness (QED) is 0.780. The van der Waals surface area contributed by atoms with E-state index in [1.165, 1.54) is 22.1 Å². The SMILES string of the molecule is CSc1ccc(C=C2C(C)=C(CCN)c3cc(F)ccc32)cc1. The number of thioether (sulfide) groups is 1. The van der Waals surface area contributed by atoms with Gasteiger partial charge in [-0.25, -0.2) is 4.39 Å². The van der Waals surface area contributed by atoms with Gasteiger partial charge in [0.2, 0.25) is 0 Å². The molecule has 0 fully saturated rings. The van der Waals surface area contributed by atoms with Crippen LogP contribution in [0.25, 0.3) is 17.2 Å². The van der Waals surface area contributed by atoms with Crippen LogP contribution in [0, 0.1) is 5.82 Å². The summed E-state index contributed by atoms with van der Waals surface area (Å²) in [6.45, 7) is 2.67. The maximum Gasteiger partial charge on any atom is 0.123 e. The van der Waals surface area contributed by atoms with Crippen LogP contribution in [0.5, 0.6) is 0 Å². The zero-order valence-electron chi connectivity index (χ0n) is 13.4. The zero-order chi connectivity index (χ0) is 16.4. The second-order valence-corrected chi connectivity index (χ2v) is 6.54. The molecule has 3 rings (SSSR count). The van der Waals surface area contributed by atoms with Crippen LogP contribution in [0.2, 0.25) is 0 Å². The Balaban J connectivity index is 2.09. The van der Waals surface area contributed by atoms with Crippen LogP contribution in [0.1, 0.15) is 30.0 Å². The molecule has 0 saturated carbocycles. The van der Waals surface area contributed by atoms with Crippen molar-refractivity contribution in [1.29, 1.82) is 0 Å². The molecule has 1 aliphatic carbocycles. The van der Waals surface area contributed by atoms with Gasteiger partial charge < -0.3 is 5.73 Å². The molecular formula is C20H20FNS. The van der Waals surface area contributed by atoms with Crippen molar-refractivity contribution in [3.8, 4) is 0 Å². The van der Waals surface area contributed by atoms with E-state index in [0.717, 1.165) is 28.7 Å². The molecule has 2 N–H and O–H groups in total. The van der Waals surface area contributed by atoms with Crippen molar-refractivity contribution in [2.75, 3.05) is 12.8 Å². The summed E-state index contributed by atoms with van der Waals surface area (Å²) in [5.74, 6) is -0.198. The number of fused-ring (bicyclic) bond motifs is 1. The van der Waals surface area contributed by atoms with Gasteiger partial charge in [0.1, 0.15) is 5.82 Å². The van der Waals surface area contributed by atoms with E-state index in [2.05, 4.69) is 43.5 Å². The number of nitrogens with two attached hydrogens (primary N) is 1. The molecule has 0 amide bonds. The molecule has 0 saturated heterocycles. The minimum absolute atomic E-state index is 0.198. The van der Waals surface area contributed by atoms with Gasteiger partial charge in [-0.1, -0.05) is 18.2 Å². The first-order valence-corrected chi connectivity index (χ1v) is 8.92. The van der Waals surface area contributed by atoms with Gasteiger partial charge in [-0.2, -0.15) is 0 Å². The highest BCUT2D eigenvalue weighted by Gasteiger charge is 2.23. The third-order valence-corrected chi connectivity index (χ3v) is 5.02. The topological polar surface area (TPSA) is 26.0 Å². The molecule has 0 aliphatic heterocycles. The number of hydrogen-bond acceptors (Lipinski definition) is 2. The summed E-state index contributed by atoms with van der Waals surface area (Å²) >= 11 is 1.73. The predicted molar refractivity (Wildman–Crippen MR) is 98.8 cm³/mol. The average Bonchev–Trinajstić information content (AvgIpc) is 2.81. The summed E-state index contributed by atoms with van der Waals surface area (Å²) in [4.78, 5) is 1.25. The normalized spacial score (nSPS) is 15.4. The summed E-state index contributed by atoms with van der Waals surface area (Å²) < 4.78 is 13.7. The summed E-state index contributed by atoms with van der Waals surface area (Å²) in [6, 6.07) is 13.5. The molecule has 0 spiro atoms. The van der Waals surface area contributed by atoms with Gasteiger partial charge in [0.25, 0.3) is 0 Å². The molecule has 0 atom stereocenters. The van der Waals surface area contributed by atoms with Gasteiger partial charge in [-0.05, 0) is 89.9 Å². The lowest BCUT2D eigenvalue weighted by Crippen LogP contribution is -2.00. The molecule has 1 aliphatic rings. The van der Waals surface area contributed by atoms with Crippen LogP contribution < -0.4 is 5.73 Å². The Morgan fingerprint density at radius 2 is 1.83 bits per heavy atom. The third-order valence-electron chi connectivity index (χ3n) is 4.27. The number of hydrogen-bond donors (Lipinski definition) is 1. The van der Waals surface area contributed by atoms with E-state index < -0.39 is 0 Å². The smallest absolute Gasteiger partial charge is 0.123 e. The highest BCUT2D eigenvalue weighted by molar-refractivity contribution is 7.98. The van der Waals surface area contributed by atoms with Crippen molar-refractivity contribution in [1.82, 2.24) is 0 Å². The molecule has 0 aromatic heterocycles. The molecule has 1 nitrogen and oxygen atoms in total. The second kappa shape index (κ2) is 6.73. The van der Waals surface area contributed by atoms with E-state index in [1.54, 1.807) is 17.8 Å². The van der Waals surface area contributed by atoms with Gasteiger partial charge in [0.15, 0.2) is 0 Å². The van der Waals surface area contributed by atoms with E-state index in [4.69, 9.17) is 5.73 Å².